The van der Waals surface area contributed by atoms with Gasteiger partial charge in [-0.2, -0.15) is 5.10 Å². The van der Waals surface area contributed by atoms with Gasteiger partial charge in [0.15, 0.2) is 5.96 Å². The number of aromatic nitrogens is 3. The lowest BCUT2D eigenvalue weighted by atomic mass is 10.2. The highest BCUT2D eigenvalue weighted by Gasteiger charge is 2.10. The topological polar surface area (TPSA) is 87.8 Å². The Morgan fingerprint density at radius 3 is 2.80 bits per heavy atom. The maximum absolute atomic E-state index is 9.98. The van der Waals surface area contributed by atoms with Crippen LogP contribution in [0.25, 0.3) is 0 Å². The van der Waals surface area contributed by atoms with E-state index in [2.05, 4.69) is 20.4 Å². The fourth-order valence-corrected chi connectivity index (χ4v) is 2.20. The Morgan fingerprint density at radius 2 is 2.20 bits per heavy atom. The molecule has 0 amide bonds. The van der Waals surface area contributed by atoms with Crippen molar-refractivity contribution in [3.8, 4) is 11.5 Å². The zero-order valence-electron chi connectivity index (χ0n) is 14.9. The molecule has 0 unspecified atom stereocenters. The molecule has 1 aromatic heterocycles. The lowest BCUT2D eigenvalue weighted by Gasteiger charge is -2.21. The number of nitrogens with one attached hydrogen (secondary N) is 1. The number of halogens is 1. The molecule has 0 spiro atoms. The summed E-state index contributed by atoms with van der Waals surface area (Å²) in [6.45, 7) is 3.67. The van der Waals surface area contributed by atoms with Crippen LogP contribution >= 0.6 is 24.0 Å². The van der Waals surface area contributed by atoms with Gasteiger partial charge >= 0.3 is 0 Å². The number of phenolic OH excluding ortho intramolecular Hbond substituents is 1. The maximum atomic E-state index is 9.98. The first-order valence-corrected chi connectivity index (χ1v) is 7.73. The number of benzene rings is 1. The number of nitrogens with zero attached hydrogens (tertiary/aromatic N) is 5. The predicted molar refractivity (Wildman–Crippen MR) is 107 cm³/mol. The first kappa shape index (κ1) is 21.0. The molecule has 0 saturated heterocycles. The van der Waals surface area contributed by atoms with Crippen LogP contribution in [0, 0.1) is 0 Å². The molecule has 1 heterocycles. The molecule has 0 saturated carbocycles. The minimum Gasteiger partial charge on any atom is -0.508 e. The van der Waals surface area contributed by atoms with Crippen LogP contribution in [0.1, 0.15) is 18.3 Å². The van der Waals surface area contributed by atoms with Crippen LogP contribution in [0.4, 0.5) is 0 Å². The van der Waals surface area contributed by atoms with Crippen molar-refractivity contribution in [3.63, 3.8) is 0 Å². The van der Waals surface area contributed by atoms with Crippen LogP contribution in [0.2, 0.25) is 0 Å². The van der Waals surface area contributed by atoms with E-state index in [0.717, 1.165) is 18.3 Å². The van der Waals surface area contributed by atoms with E-state index in [0.29, 0.717) is 24.4 Å². The summed E-state index contributed by atoms with van der Waals surface area (Å²) in [6.07, 6.45) is 1.53. The van der Waals surface area contributed by atoms with E-state index < -0.39 is 0 Å². The summed E-state index contributed by atoms with van der Waals surface area (Å²) in [5, 5.41) is 17.3. The zero-order valence-corrected chi connectivity index (χ0v) is 17.3. The summed E-state index contributed by atoms with van der Waals surface area (Å²) >= 11 is 0. The second kappa shape index (κ2) is 10.1. The molecule has 0 aliphatic carbocycles. The average molecular weight is 460 g/mol. The summed E-state index contributed by atoms with van der Waals surface area (Å²) in [5.41, 5.74) is 0.705. The van der Waals surface area contributed by atoms with Crippen LogP contribution in [0.3, 0.4) is 0 Å². The molecule has 0 bridgehead atoms. The standard InChI is InChI=1S/C16H24N6O2.HI/c1-5-17-16(21(2)10-15-19-11-20-22(15)3)18-9-12-8-13(24-4)6-7-14(12)23;/h6-8,11,23H,5,9-10H2,1-4H3,(H,17,18);1H. The highest BCUT2D eigenvalue weighted by Crippen LogP contribution is 2.23. The SMILES string of the molecule is CCNC(=NCc1cc(OC)ccc1O)N(C)Cc1ncnn1C.I. The molecule has 2 rings (SSSR count). The van der Waals surface area contributed by atoms with E-state index >= 15 is 0 Å². The molecule has 0 fully saturated rings. The van der Waals surface area contributed by atoms with Crippen molar-refractivity contribution in [2.45, 2.75) is 20.0 Å². The van der Waals surface area contributed by atoms with Crippen LogP contribution in [0.15, 0.2) is 29.5 Å². The smallest absolute Gasteiger partial charge is 0.194 e. The van der Waals surface area contributed by atoms with Gasteiger partial charge in [-0.15, -0.1) is 24.0 Å². The number of methoxy groups -OCH3 is 1. The van der Waals surface area contributed by atoms with Crippen molar-refractivity contribution in [1.82, 2.24) is 25.0 Å². The Balaban J connectivity index is 0.00000312. The van der Waals surface area contributed by atoms with Gasteiger partial charge in [0.25, 0.3) is 0 Å². The fraction of sp³-hybridized carbons (Fsp3) is 0.438. The van der Waals surface area contributed by atoms with Crippen molar-refractivity contribution in [2.75, 3.05) is 20.7 Å². The third-order valence-electron chi connectivity index (χ3n) is 3.57. The van der Waals surface area contributed by atoms with E-state index in [1.807, 2.05) is 25.9 Å². The highest BCUT2D eigenvalue weighted by atomic mass is 127. The van der Waals surface area contributed by atoms with Gasteiger partial charge in [-0.05, 0) is 25.1 Å². The van der Waals surface area contributed by atoms with Crippen molar-refractivity contribution in [1.29, 1.82) is 0 Å². The normalized spacial score (nSPS) is 11.0. The summed E-state index contributed by atoms with van der Waals surface area (Å²) < 4.78 is 6.92. The quantitative estimate of drug-likeness (QED) is 0.388. The van der Waals surface area contributed by atoms with Crippen LogP contribution in [-0.2, 0) is 20.1 Å². The molecule has 8 nitrogen and oxygen atoms in total. The number of phenols is 1. The molecular weight excluding hydrogens is 435 g/mol. The Hall–Kier alpha value is -2.04. The minimum absolute atomic E-state index is 0. The Bertz CT molecular complexity index is 704. The molecule has 2 N–H and O–H groups in total. The maximum Gasteiger partial charge on any atom is 0.194 e. The summed E-state index contributed by atoms with van der Waals surface area (Å²) in [7, 11) is 5.38. The molecule has 0 atom stereocenters. The molecule has 0 radical (unpaired) electrons. The molecular formula is C16H25IN6O2. The number of ether oxygens (including phenoxy) is 1. The number of aliphatic imine (C=N–C) groups is 1. The number of hydrogen-bond donors (Lipinski definition) is 2. The molecule has 9 heteroatoms. The third kappa shape index (κ3) is 5.76. The lowest BCUT2D eigenvalue weighted by molar-refractivity contribution is 0.410. The van der Waals surface area contributed by atoms with Crippen LogP contribution in [0.5, 0.6) is 11.5 Å². The third-order valence-corrected chi connectivity index (χ3v) is 3.57. The van der Waals surface area contributed by atoms with Crippen molar-refractivity contribution in [3.05, 3.63) is 35.9 Å². The number of aromatic hydroxyl groups is 1. The van der Waals surface area contributed by atoms with Crippen molar-refractivity contribution >= 4 is 29.9 Å². The van der Waals surface area contributed by atoms with Gasteiger partial charge in [0, 0.05) is 26.2 Å². The van der Waals surface area contributed by atoms with Crippen molar-refractivity contribution in [2.24, 2.45) is 12.0 Å². The molecule has 2 aromatic rings. The molecule has 25 heavy (non-hydrogen) atoms. The van der Waals surface area contributed by atoms with Gasteiger partial charge < -0.3 is 20.1 Å². The number of rotatable bonds is 6. The molecule has 0 aliphatic rings. The molecule has 0 aliphatic heterocycles. The van der Waals surface area contributed by atoms with Gasteiger partial charge in [0.2, 0.25) is 0 Å². The number of guanidine groups is 1. The molecule has 1 aromatic carbocycles. The Morgan fingerprint density at radius 1 is 1.44 bits per heavy atom. The minimum atomic E-state index is 0. The highest BCUT2D eigenvalue weighted by molar-refractivity contribution is 14.0. The van der Waals surface area contributed by atoms with Gasteiger partial charge in [-0.3, -0.25) is 4.68 Å². The monoisotopic (exact) mass is 460 g/mol. The summed E-state index contributed by atoms with van der Waals surface area (Å²) in [4.78, 5) is 10.8. The van der Waals surface area contributed by atoms with E-state index in [9.17, 15) is 5.11 Å². The van der Waals surface area contributed by atoms with Gasteiger partial charge in [0.05, 0.1) is 20.2 Å². The molecule has 138 valence electrons. The van der Waals surface area contributed by atoms with E-state index in [1.54, 1.807) is 30.0 Å². The van der Waals surface area contributed by atoms with E-state index in [4.69, 9.17) is 4.74 Å². The van der Waals surface area contributed by atoms with E-state index in [1.165, 1.54) is 6.33 Å². The second-order valence-corrected chi connectivity index (χ2v) is 5.32. The second-order valence-electron chi connectivity index (χ2n) is 5.32. The zero-order chi connectivity index (χ0) is 17.5. The summed E-state index contributed by atoms with van der Waals surface area (Å²) in [5.74, 6) is 2.46. The number of aryl methyl sites for hydroxylation is 1. The summed E-state index contributed by atoms with van der Waals surface area (Å²) in [6, 6.07) is 5.11. The Kier molecular flexibility index (Phi) is 8.46. The fourth-order valence-electron chi connectivity index (χ4n) is 2.20. The van der Waals surface area contributed by atoms with Gasteiger partial charge in [0.1, 0.15) is 23.7 Å². The predicted octanol–water partition coefficient (Wildman–Crippen LogP) is 1.74. The first-order chi connectivity index (χ1) is 11.5. The van der Waals surface area contributed by atoms with Crippen molar-refractivity contribution < 1.29 is 9.84 Å². The van der Waals surface area contributed by atoms with Gasteiger partial charge in [-0.25, -0.2) is 9.98 Å². The lowest BCUT2D eigenvalue weighted by Crippen LogP contribution is -2.39. The first-order valence-electron chi connectivity index (χ1n) is 7.73. The number of hydrogen-bond acceptors (Lipinski definition) is 5. The van der Waals surface area contributed by atoms with Crippen LogP contribution in [-0.4, -0.2) is 51.4 Å². The Labute approximate surface area is 164 Å². The van der Waals surface area contributed by atoms with Gasteiger partial charge in [-0.1, -0.05) is 0 Å². The van der Waals surface area contributed by atoms with E-state index in [-0.39, 0.29) is 29.7 Å². The average Bonchev–Trinajstić information content (AvgIpc) is 2.97. The largest absolute Gasteiger partial charge is 0.508 e. The van der Waals surface area contributed by atoms with Crippen LogP contribution < -0.4 is 10.1 Å².